The molecule has 1 aliphatic heterocycles. The van der Waals surface area contributed by atoms with Crippen LogP contribution in [0.15, 0.2) is 18.2 Å². The lowest BCUT2D eigenvalue weighted by molar-refractivity contribution is -0.111. The molecule has 1 aromatic rings. The van der Waals surface area contributed by atoms with E-state index in [-0.39, 0.29) is 5.91 Å². The summed E-state index contributed by atoms with van der Waals surface area (Å²) in [4.78, 5) is 13.9. The molecule has 1 fully saturated rings. The third-order valence-corrected chi connectivity index (χ3v) is 3.81. The van der Waals surface area contributed by atoms with Gasteiger partial charge in [-0.2, -0.15) is 0 Å². The highest BCUT2D eigenvalue weighted by atomic mass is 16.1. The fourth-order valence-electron chi connectivity index (χ4n) is 2.50. The van der Waals surface area contributed by atoms with Gasteiger partial charge in [-0.05, 0) is 70.4 Å². The van der Waals surface area contributed by atoms with Crippen LogP contribution in [0.4, 0.5) is 11.4 Å². The minimum atomic E-state index is -0.267. The summed E-state index contributed by atoms with van der Waals surface area (Å²) in [6, 6.07) is 6.58. The van der Waals surface area contributed by atoms with Crippen molar-refractivity contribution in [3.63, 3.8) is 0 Å². The number of anilines is 2. The fourth-order valence-corrected chi connectivity index (χ4v) is 2.50. The molecule has 1 heterocycles. The number of hydrogen-bond acceptors (Lipinski definition) is 3. The molecule has 0 aromatic heterocycles. The SMILES string of the molecule is CC#CC(=O)Nc1cc(NC2CCN(C)CC2)ccc1C. The molecule has 0 aliphatic carbocycles. The summed E-state index contributed by atoms with van der Waals surface area (Å²) in [5.74, 6) is 4.84. The molecule has 1 aromatic carbocycles. The molecule has 1 aliphatic rings. The second-order valence-corrected chi connectivity index (χ2v) is 5.58. The lowest BCUT2D eigenvalue weighted by Gasteiger charge is -2.30. The molecule has 1 amide bonds. The second-order valence-electron chi connectivity index (χ2n) is 5.58. The Bertz CT molecular complexity index is 563. The van der Waals surface area contributed by atoms with Crippen LogP contribution in [0.1, 0.15) is 25.3 Å². The lowest BCUT2D eigenvalue weighted by Crippen LogP contribution is -2.36. The van der Waals surface area contributed by atoms with Crippen LogP contribution in [-0.4, -0.2) is 37.0 Å². The van der Waals surface area contributed by atoms with Crippen molar-refractivity contribution in [1.82, 2.24) is 4.90 Å². The number of amides is 1. The Hall–Kier alpha value is -1.99. The minimum Gasteiger partial charge on any atom is -0.382 e. The summed E-state index contributed by atoms with van der Waals surface area (Å²) in [5, 5.41) is 6.40. The average Bonchev–Trinajstić information content (AvgIpc) is 2.45. The molecule has 0 spiro atoms. The van der Waals surface area contributed by atoms with Gasteiger partial charge in [-0.1, -0.05) is 12.0 Å². The van der Waals surface area contributed by atoms with Crippen LogP contribution in [-0.2, 0) is 4.79 Å². The van der Waals surface area contributed by atoms with E-state index in [9.17, 15) is 4.79 Å². The molecule has 4 heteroatoms. The van der Waals surface area contributed by atoms with E-state index in [1.807, 2.05) is 19.1 Å². The molecule has 0 saturated carbocycles. The van der Waals surface area contributed by atoms with Crippen LogP contribution in [0.5, 0.6) is 0 Å². The average molecular weight is 285 g/mol. The van der Waals surface area contributed by atoms with E-state index < -0.39 is 0 Å². The van der Waals surface area contributed by atoms with Gasteiger partial charge in [0, 0.05) is 17.4 Å². The first kappa shape index (κ1) is 15.4. The van der Waals surface area contributed by atoms with Gasteiger partial charge in [0.25, 0.3) is 5.91 Å². The third kappa shape index (κ3) is 4.51. The Labute approximate surface area is 126 Å². The van der Waals surface area contributed by atoms with Crippen molar-refractivity contribution in [3.8, 4) is 11.8 Å². The lowest BCUT2D eigenvalue weighted by atomic mass is 10.0. The van der Waals surface area contributed by atoms with Crippen molar-refractivity contribution in [3.05, 3.63) is 23.8 Å². The van der Waals surface area contributed by atoms with Crippen molar-refractivity contribution < 1.29 is 4.79 Å². The van der Waals surface area contributed by atoms with Gasteiger partial charge in [0.15, 0.2) is 0 Å². The Morgan fingerprint density at radius 1 is 1.33 bits per heavy atom. The Morgan fingerprint density at radius 3 is 2.71 bits per heavy atom. The van der Waals surface area contributed by atoms with E-state index in [1.165, 1.54) is 0 Å². The van der Waals surface area contributed by atoms with E-state index in [0.717, 1.165) is 42.9 Å². The first-order valence-corrected chi connectivity index (χ1v) is 7.38. The summed E-state index contributed by atoms with van der Waals surface area (Å²) in [6.07, 6.45) is 2.29. The summed E-state index contributed by atoms with van der Waals surface area (Å²) in [6.45, 7) is 5.89. The highest BCUT2D eigenvalue weighted by molar-refractivity contribution is 6.04. The van der Waals surface area contributed by atoms with Gasteiger partial charge in [-0.3, -0.25) is 4.79 Å². The van der Waals surface area contributed by atoms with Crippen LogP contribution < -0.4 is 10.6 Å². The Kier molecular flexibility index (Phi) is 5.24. The molecule has 112 valence electrons. The molecule has 1 saturated heterocycles. The number of piperidine rings is 1. The number of likely N-dealkylation sites (tertiary alicyclic amines) is 1. The first-order valence-electron chi connectivity index (χ1n) is 7.38. The maximum atomic E-state index is 11.6. The van der Waals surface area contributed by atoms with Crippen molar-refractivity contribution in [2.75, 3.05) is 30.8 Å². The van der Waals surface area contributed by atoms with Gasteiger partial charge >= 0.3 is 0 Å². The molecule has 21 heavy (non-hydrogen) atoms. The van der Waals surface area contributed by atoms with Crippen molar-refractivity contribution >= 4 is 17.3 Å². The molecule has 0 atom stereocenters. The van der Waals surface area contributed by atoms with Gasteiger partial charge in [0.1, 0.15) is 0 Å². The maximum Gasteiger partial charge on any atom is 0.300 e. The molecular formula is C17H23N3O. The smallest absolute Gasteiger partial charge is 0.300 e. The van der Waals surface area contributed by atoms with Crippen LogP contribution >= 0.6 is 0 Å². The Morgan fingerprint density at radius 2 is 2.05 bits per heavy atom. The van der Waals surface area contributed by atoms with Gasteiger partial charge in [0.2, 0.25) is 0 Å². The zero-order valence-electron chi connectivity index (χ0n) is 13.0. The van der Waals surface area contributed by atoms with Crippen molar-refractivity contribution in [1.29, 1.82) is 0 Å². The van der Waals surface area contributed by atoms with E-state index in [2.05, 4.69) is 40.5 Å². The van der Waals surface area contributed by atoms with E-state index in [0.29, 0.717) is 6.04 Å². The molecule has 2 N–H and O–H groups in total. The van der Waals surface area contributed by atoms with Gasteiger partial charge in [0.05, 0.1) is 0 Å². The van der Waals surface area contributed by atoms with Crippen molar-refractivity contribution in [2.24, 2.45) is 0 Å². The van der Waals surface area contributed by atoms with E-state index in [4.69, 9.17) is 0 Å². The predicted octanol–water partition coefficient (Wildman–Crippen LogP) is 2.46. The fraction of sp³-hybridized carbons (Fsp3) is 0.471. The topological polar surface area (TPSA) is 44.4 Å². The van der Waals surface area contributed by atoms with Crippen molar-refractivity contribution in [2.45, 2.75) is 32.7 Å². The number of hydrogen-bond donors (Lipinski definition) is 2. The van der Waals surface area contributed by atoms with Gasteiger partial charge in [-0.25, -0.2) is 0 Å². The minimum absolute atomic E-state index is 0.267. The third-order valence-electron chi connectivity index (χ3n) is 3.81. The zero-order valence-corrected chi connectivity index (χ0v) is 13.0. The molecular weight excluding hydrogens is 262 g/mol. The normalized spacial score (nSPS) is 16.0. The van der Waals surface area contributed by atoms with Gasteiger partial charge in [-0.15, -0.1) is 0 Å². The summed E-state index contributed by atoms with van der Waals surface area (Å²) < 4.78 is 0. The van der Waals surface area contributed by atoms with Crippen LogP contribution in [0.2, 0.25) is 0 Å². The van der Waals surface area contributed by atoms with Crippen LogP contribution in [0.25, 0.3) is 0 Å². The quantitative estimate of drug-likeness (QED) is 0.839. The largest absolute Gasteiger partial charge is 0.382 e. The number of benzene rings is 1. The highest BCUT2D eigenvalue weighted by Gasteiger charge is 2.16. The number of aryl methyl sites for hydroxylation is 1. The number of nitrogens with zero attached hydrogens (tertiary/aromatic N) is 1. The zero-order chi connectivity index (χ0) is 15.2. The monoisotopic (exact) mass is 285 g/mol. The van der Waals surface area contributed by atoms with Crippen LogP contribution in [0.3, 0.4) is 0 Å². The van der Waals surface area contributed by atoms with Gasteiger partial charge < -0.3 is 15.5 Å². The number of nitrogens with one attached hydrogen (secondary N) is 2. The first-order chi connectivity index (χ1) is 10.1. The summed E-state index contributed by atoms with van der Waals surface area (Å²) in [7, 11) is 2.16. The summed E-state index contributed by atoms with van der Waals surface area (Å²) >= 11 is 0. The molecule has 0 bridgehead atoms. The standard InChI is InChI=1S/C17H23N3O/c1-4-5-17(21)19-16-12-15(7-6-13(16)2)18-14-8-10-20(3)11-9-14/h6-7,12,14,18H,8-11H2,1-3H3,(H,19,21). The number of carbonyl (C=O) groups excluding carboxylic acids is 1. The molecule has 0 radical (unpaired) electrons. The maximum absolute atomic E-state index is 11.6. The second kappa shape index (κ2) is 7.14. The van der Waals surface area contributed by atoms with E-state index in [1.54, 1.807) is 6.92 Å². The number of rotatable bonds is 3. The molecule has 2 rings (SSSR count). The highest BCUT2D eigenvalue weighted by Crippen LogP contribution is 2.22. The Balaban J connectivity index is 2.03. The molecule has 0 unspecified atom stereocenters. The summed E-state index contributed by atoms with van der Waals surface area (Å²) in [5.41, 5.74) is 2.91. The molecule has 4 nitrogen and oxygen atoms in total. The number of carbonyl (C=O) groups is 1. The van der Waals surface area contributed by atoms with Crippen LogP contribution in [0, 0.1) is 18.8 Å². The van der Waals surface area contributed by atoms with E-state index >= 15 is 0 Å². The predicted molar refractivity (Wildman–Crippen MR) is 87.4 cm³/mol.